The first-order chi connectivity index (χ1) is 12.6. The highest BCUT2D eigenvalue weighted by Gasteiger charge is 2.10. The molecule has 0 radical (unpaired) electrons. The van der Waals surface area contributed by atoms with Crippen molar-refractivity contribution in [3.8, 4) is 0 Å². The molecule has 6 nitrogen and oxygen atoms in total. The number of hydrogen-bond donors (Lipinski definition) is 3. The van der Waals surface area contributed by atoms with Gasteiger partial charge in [-0.15, -0.1) is 11.3 Å². The molecule has 1 heterocycles. The van der Waals surface area contributed by atoms with Crippen LogP contribution in [-0.4, -0.2) is 23.2 Å². The van der Waals surface area contributed by atoms with Gasteiger partial charge >= 0.3 is 5.97 Å². The molecular weight excluding hydrogens is 350 g/mol. The van der Waals surface area contributed by atoms with Crippen LogP contribution in [0.1, 0.15) is 41.7 Å². The van der Waals surface area contributed by atoms with Gasteiger partial charge in [0.25, 0.3) is 0 Å². The van der Waals surface area contributed by atoms with E-state index >= 15 is 0 Å². The molecule has 0 bridgehead atoms. The Hall–Kier alpha value is -2.67. The zero-order chi connectivity index (χ0) is 18.8. The van der Waals surface area contributed by atoms with Crippen LogP contribution in [0.15, 0.2) is 40.8 Å². The fraction of sp³-hybridized carbons (Fsp3) is 0.316. The summed E-state index contributed by atoms with van der Waals surface area (Å²) in [5, 5.41) is 17.0. The molecule has 1 aromatic carbocycles. The highest BCUT2D eigenvalue weighted by molar-refractivity contribution is 7.10. The van der Waals surface area contributed by atoms with Crippen molar-refractivity contribution in [3.63, 3.8) is 0 Å². The van der Waals surface area contributed by atoms with Gasteiger partial charge in [-0.1, -0.05) is 24.3 Å². The second kappa shape index (κ2) is 10.4. The number of hydrazone groups is 1. The topological polar surface area (TPSA) is 105 Å². The second-order valence-electron chi connectivity index (χ2n) is 5.93. The number of nitrogens with one attached hydrogen (secondary N) is 1. The second-order valence-corrected chi connectivity index (χ2v) is 6.93. The molecule has 0 saturated heterocycles. The number of anilines is 1. The van der Waals surface area contributed by atoms with Crippen molar-refractivity contribution in [1.82, 2.24) is 0 Å². The number of carboxylic acid groups (broad SMARTS) is 1. The predicted octanol–water partition coefficient (Wildman–Crippen LogP) is 3.41. The number of nitrogens with zero attached hydrogens (tertiary/aromatic N) is 1. The van der Waals surface area contributed by atoms with E-state index in [2.05, 4.69) is 10.4 Å². The van der Waals surface area contributed by atoms with Crippen LogP contribution in [0.3, 0.4) is 0 Å². The van der Waals surface area contributed by atoms with E-state index in [1.54, 1.807) is 6.21 Å². The molecule has 0 atom stereocenters. The van der Waals surface area contributed by atoms with Crippen LogP contribution in [0, 0.1) is 0 Å². The molecule has 0 aliphatic carbocycles. The minimum absolute atomic E-state index is 0.0329. The molecule has 0 unspecified atom stereocenters. The van der Waals surface area contributed by atoms with Crippen molar-refractivity contribution in [3.05, 3.63) is 51.7 Å². The predicted molar refractivity (Wildman–Crippen MR) is 105 cm³/mol. The molecule has 1 amide bonds. The summed E-state index contributed by atoms with van der Waals surface area (Å²) in [7, 11) is 0. The summed E-state index contributed by atoms with van der Waals surface area (Å²) in [6.07, 6.45) is 5.19. The monoisotopic (exact) mass is 373 g/mol. The first kappa shape index (κ1) is 19.7. The van der Waals surface area contributed by atoms with Gasteiger partial charge in [-0.3, -0.25) is 9.59 Å². The summed E-state index contributed by atoms with van der Waals surface area (Å²) < 4.78 is 0. The summed E-state index contributed by atoms with van der Waals surface area (Å²) in [5.74, 6) is 4.25. The van der Waals surface area contributed by atoms with E-state index in [1.165, 1.54) is 16.9 Å². The van der Waals surface area contributed by atoms with Crippen molar-refractivity contribution in [2.75, 3.05) is 5.32 Å². The summed E-state index contributed by atoms with van der Waals surface area (Å²) in [5.41, 5.74) is 2.91. The smallest absolute Gasteiger partial charge is 0.303 e. The molecule has 1 aromatic heterocycles. The Morgan fingerprint density at radius 1 is 1.12 bits per heavy atom. The molecule has 2 rings (SSSR count). The van der Waals surface area contributed by atoms with Gasteiger partial charge in [0.1, 0.15) is 0 Å². The van der Waals surface area contributed by atoms with E-state index in [1.807, 2.05) is 35.7 Å². The van der Waals surface area contributed by atoms with Crippen LogP contribution in [0.4, 0.5) is 5.69 Å². The molecule has 0 saturated carbocycles. The molecule has 0 spiro atoms. The summed E-state index contributed by atoms with van der Waals surface area (Å²) in [6.45, 7) is 0. The highest BCUT2D eigenvalue weighted by atomic mass is 32.1. The van der Waals surface area contributed by atoms with Gasteiger partial charge in [-0.25, -0.2) is 0 Å². The summed E-state index contributed by atoms with van der Waals surface area (Å²) in [6, 6.07) is 9.83. The minimum atomic E-state index is -0.834. The van der Waals surface area contributed by atoms with Gasteiger partial charge in [0.2, 0.25) is 5.91 Å². The van der Waals surface area contributed by atoms with Crippen molar-refractivity contribution < 1.29 is 14.7 Å². The number of carbonyl (C=O) groups excluding carboxylic acids is 1. The number of hydrogen-bond acceptors (Lipinski definition) is 5. The molecule has 4 N–H and O–H groups in total. The van der Waals surface area contributed by atoms with Crippen LogP contribution >= 0.6 is 11.3 Å². The van der Waals surface area contributed by atoms with Crippen molar-refractivity contribution in [2.24, 2.45) is 10.9 Å². The molecule has 0 aliphatic heterocycles. The Labute approximate surface area is 156 Å². The van der Waals surface area contributed by atoms with Crippen LogP contribution in [0.5, 0.6) is 0 Å². The number of nitrogens with two attached hydrogens (primary N) is 1. The number of carboxylic acids is 1. The molecule has 0 aliphatic rings. The lowest BCUT2D eigenvalue weighted by atomic mass is 10.1. The Balaban J connectivity index is 1.70. The fourth-order valence-electron chi connectivity index (χ4n) is 2.55. The molecule has 0 fully saturated rings. The maximum absolute atomic E-state index is 12.1. The normalized spacial score (nSPS) is 10.9. The number of benzene rings is 1. The third-order valence-electron chi connectivity index (χ3n) is 3.91. The van der Waals surface area contributed by atoms with Gasteiger partial charge in [-0.2, -0.15) is 5.10 Å². The van der Waals surface area contributed by atoms with Crippen LogP contribution in [0.25, 0.3) is 0 Å². The van der Waals surface area contributed by atoms with E-state index in [-0.39, 0.29) is 12.3 Å². The Kier molecular flexibility index (Phi) is 7.82. The number of amides is 1. The Morgan fingerprint density at radius 2 is 1.88 bits per heavy atom. The molecule has 2 aromatic rings. The lowest BCUT2D eigenvalue weighted by Crippen LogP contribution is -2.12. The van der Waals surface area contributed by atoms with E-state index in [9.17, 15) is 9.59 Å². The average Bonchev–Trinajstić information content (AvgIpc) is 3.05. The van der Waals surface area contributed by atoms with Crippen molar-refractivity contribution in [2.45, 2.75) is 38.5 Å². The van der Waals surface area contributed by atoms with E-state index in [4.69, 9.17) is 10.9 Å². The largest absolute Gasteiger partial charge is 0.481 e. The third kappa shape index (κ3) is 6.68. The van der Waals surface area contributed by atoms with Gasteiger partial charge in [0.15, 0.2) is 0 Å². The third-order valence-corrected chi connectivity index (χ3v) is 4.89. The first-order valence-corrected chi connectivity index (χ1v) is 9.36. The quantitative estimate of drug-likeness (QED) is 0.257. The van der Waals surface area contributed by atoms with Crippen LogP contribution in [-0.2, 0) is 22.4 Å². The van der Waals surface area contributed by atoms with Crippen molar-refractivity contribution in [1.29, 1.82) is 0 Å². The lowest BCUT2D eigenvalue weighted by Gasteiger charge is -2.06. The number of unbranched alkanes of at least 4 members (excludes halogenated alkanes) is 1. The molecular formula is C19H23N3O3S. The maximum atomic E-state index is 12.1. The van der Waals surface area contributed by atoms with E-state index < -0.39 is 5.97 Å². The molecule has 26 heavy (non-hydrogen) atoms. The molecule has 7 heteroatoms. The summed E-state index contributed by atoms with van der Waals surface area (Å²) >= 11 is 1.47. The van der Waals surface area contributed by atoms with Gasteiger partial charge < -0.3 is 16.3 Å². The minimum Gasteiger partial charge on any atom is -0.481 e. The highest BCUT2D eigenvalue weighted by Crippen LogP contribution is 2.24. The number of thiophene rings is 1. The summed E-state index contributed by atoms with van der Waals surface area (Å²) in [4.78, 5) is 23.7. The first-order valence-electron chi connectivity index (χ1n) is 8.48. The van der Waals surface area contributed by atoms with Crippen molar-refractivity contribution >= 4 is 35.1 Å². The molecule has 138 valence electrons. The Bertz CT molecular complexity index is 754. The number of rotatable bonds is 10. The van der Waals surface area contributed by atoms with E-state index in [0.29, 0.717) is 12.8 Å². The number of carbonyl (C=O) groups is 2. The zero-order valence-electron chi connectivity index (χ0n) is 14.5. The SMILES string of the molecule is NN=Cc1ccc(CCCCC(=O)Nc2ccsc2CCC(=O)O)cc1. The maximum Gasteiger partial charge on any atom is 0.303 e. The number of aryl methyl sites for hydroxylation is 2. The standard InChI is InChI=1S/C19H23N3O3S/c20-21-13-15-7-5-14(6-8-15)3-1-2-4-18(23)22-16-11-12-26-17(16)9-10-19(24)25/h5-8,11-13H,1-4,9-10,20H2,(H,22,23)(H,24,25). The zero-order valence-corrected chi connectivity index (χ0v) is 15.3. The van der Waals surface area contributed by atoms with Gasteiger partial charge in [0, 0.05) is 11.3 Å². The van der Waals surface area contributed by atoms with Gasteiger partial charge in [0.05, 0.1) is 18.3 Å². The number of aliphatic carboxylic acids is 1. The fourth-order valence-corrected chi connectivity index (χ4v) is 3.38. The Morgan fingerprint density at radius 3 is 2.58 bits per heavy atom. The average molecular weight is 373 g/mol. The van der Waals surface area contributed by atoms with E-state index in [0.717, 1.165) is 35.4 Å². The van der Waals surface area contributed by atoms with Crippen LogP contribution < -0.4 is 11.2 Å². The van der Waals surface area contributed by atoms with Gasteiger partial charge in [-0.05, 0) is 48.3 Å². The van der Waals surface area contributed by atoms with Crippen LogP contribution in [0.2, 0.25) is 0 Å². The lowest BCUT2D eigenvalue weighted by molar-refractivity contribution is -0.136.